The van der Waals surface area contributed by atoms with E-state index in [-0.39, 0.29) is 0 Å². The summed E-state index contributed by atoms with van der Waals surface area (Å²) in [5.41, 5.74) is 8.64. The number of nitrogens with zero attached hydrogens (tertiary/aromatic N) is 2. The van der Waals surface area contributed by atoms with Gasteiger partial charge < -0.3 is 9.47 Å². The topological polar surface area (TPSA) is 42.3 Å². The Morgan fingerprint density at radius 3 is 1.67 bits per heavy atom. The Hall–Kier alpha value is -5.91. The van der Waals surface area contributed by atoms with Crippen LogP contribution in [0.5, 0.6) is 0 Å². The van der Waals surface area contributed by atoms with Crippen molar-refractivity contribution >= 4 is 48.7 Å². The maximum atomic E-state index is 14.9. The first-order valence-corrected chi connectivity index (χ1v) is 17.6. The predicted octanol–water partition coefficient (Wildman–Crippen LogP) is 10.1. The lowest BCUT2D eigenvalue weighted by molar-refractivity contribution is 0.578. The van der Waals surface area contributed by atoms with Crippen molar-refractivity contribution in [2.24, 2.45) is 0 Å². The summed E-state index contributed by atoms with van der Waals surface area (Å²) in [4.78, 5) is 3.00. The van der Waals surface area contributed by atoms with E-state index in [4.69, 9.17) is 0 Å². The standard InChI is InChI=1S/C43H28N2O2S/c46-48(47)39-26-14-10-22-35(39)43(33-20-8-12-24-37(33)44(29-15-3-1-4-16-29)38-25-13-9-21-34(38)43)41-40(48)28-27-32-31-19-7-11-23-36(31)45(42(32)41)30-17-5-2-6-18-30/h1-28H. The number of anilines is 3. The molecule has 0 saturated carbocycles. The van der Waals surface area contributed by atoms with Crippen LogP contribution in [-0.4, -0.2) is 13.0 Å². The molecule has 0 saturated heterocycles. The van der Waals surface area contributed by atoms with Gasteiger partial charge in [0.05, 0.1) is 37.6 Å². The van der Waals surface area contributed by atoms with Crippen molar-refractivity contribution in [1.29, 1.82) is 0 Å². The molecule has 0 amide bonds. The Morgan fingerprint density at radius 1 is 0.438 bits per heavy atom. The van der Waals surface area contributed by atoms with E-state index in [2.05, 4.69) is 119 Å². The van der Waals surface area contributed by atoms with Crippen LogP contribution in [-0.2, 0) is 15.3 Å². The van der Waals surface area contributed by atoms with Gasteiger partial charge in [0.1, 0.15) is 0 Å². The van der Waals surface area contributed by atoms with Gasteiger partial charge in [0, 0.05) is 27.7 Å². The first-order valence-electron chi connectivity index (χ1n) is 16.1. The van der Waals surface area contributed by atoms with Crippen LogP contribution in [0.2, 0.25) is 0 Å². The lowest BCUT2D eigenvalue weighted by Gasteiger charge is -2.49. The molecule has 2 aliphatic rings. The van der Waals surface area contributed by atoms with Gasteiger partial charge in [-0.25, -0.2) is 8.42 Å². The SMILES string of the molecule is O=S1(=O)c2ccccc2C2(c3ccccc3N(c3ccccc3)c3ccccc32)c2c1ccc1c3ccccc3n(-c3ccccc3)c21. The molecule has 1 aromatic heterocycles. The lowest BCUT2D eigenvalue weighted by Crippen LogP contribution is -2.42. The zero-order valence-corrected chi connectivity index (χ0v) is 26.6. The second kappa shape index (κ2) is 9.80. The van der Waals surface area contributed by atoms with Crippen LogP contribution in [0.3, 0.4) is 0 Å². The van der Waals surface area contributed by atoms with E-state index >= 15 is 0 Å². The molecule has 0 fully saturated rings. The first-order chi connectivity index (χ1) is 23.6. The number of rotatable bonds is 2. The summed E-state index contributed by atoms with van der Waals surface area (Å²) in [6, 6.07) is 57.6. The molecule has 0 N–H and O–H groups in total. The highest BCUT2D eigenvalue weighted by atomic mass is 32.2. The Balaban J connectivity index is 1.49. The molecule has 5 heteroatoms. The number of para-hydroxylation sites is 5. The summed E-state index contributed by atoms with van der Waals surface area (Å²) in [6.45, 7) is 0. The zero-order chi connectivity index (χ0) is 32.0. The van der Waals surface area contributed by atoms with E-state index in [0.717, 1.165) is 66.8 Å². The number of aromatic nitrogens is 1. The van der Waals surface area contributed by atoms with Gasteiger partial charge in [-0.2, -0.15) is 0 Å². The summed E-state index contributed by atoms with van der Waals surface area (Å²) in [5.74, 6) is 0. The second-order valence-electron chi connectivity index (χ2n) is 12.5. The van der Waals surface area contributed by atoms with Crippen molar-refractivity contribution in [1.82, 2.24) is 4.57 Å². The molecule has 8 aromatic rings. The Bertz CT molecular complexity index is 2650. The van der Waals surface area contributed by atoms with Gasteiger partial charge in [-0.15, -0.1) is 0 Å². The Kier molecular flexibility index (Phi) is 5.56. The highest BCUT2D eigenvalue weighted by Gasteiger charge is 2.54. The van der Waals surface area contributed by atoms with Gasteiger partial charge >= 0.3 is 0 Å². The fourth-order valence-corrected chi connectivity index (χ4v) is 10.2. The smallest absolute Gasteiger partial charge is 0.207 e. The average Bonchev–Trinajstić information content (AvgIpc) is 3.49. The van der Waals surface area contributed by atoms with Gasteiger partial charge in [-0.3, -0.25) is 0 Å². The first kappa shape index (κ1) is 27.2. The number of benzene rings is 7. The summed E-state index contributed by atoms with van der Waals surface area (Å²) in [5, 5.41) is 2.09. The third-order valence-corrected chi connectivity index (χ3v) is 12.0. The van der Waals surface area contributed by atoms with E-state index in [1.165, 1.54) is 0 Å². The van der Waals surface area contributed by atoms with Crippen molar-refractivity contribution in [2.75, 3.05) is 4.90 Å². The minimum Gasteiger partial charge on any atom is -0.310 e. The van der Waals surface area contributed by atoms with Crippen molar-refractivity contribution < 1.29 is 8.42 Å². The largest absolute Gasteiger partial charge is 0.310 e. The Morgan fingerprint density at radius 2 is 0.979 bits per heavy atom. The second-order valence-corrected chi connectivity index (χ2v) is 14.4. The molecular formula is C43H28N2O2S. The highest BCUT2D eigenvalue weighted by Crippen LogP contribution is 2.63. The third kappa shape index (κ3) is 3.36. The van der Waals surface area contributed by atoms with Gasteiger partial charge in [0.25, 0.3) is 0 Å². The van der Waals surface area contributed by atoms with E-state index in [0.29, 0.717) is 9.79 Å². The molecule has 7 aromatic carbocycles. The minimum atomic E-state index is -3.90. The molecule has 0 radical (unpaired) electrons. The van der Waals surface area contributed by atoms with E-state index in [1.807, 2.05) is 54.6 Å². The van der Waals surface area contributed by atoms with Crippen LogP contribution in [0.25, 0.3) is 27.5 Å². The summed E-state index contributed by atoms with van der Waals surface area (Å²) in [7, 11) is -3.90. The molecule has 0 aliphatic carbocycles. The average molecular weight is 637 g/mol. The van der Waals surface area contributed by atoms with Crippen molar-refractivity contribution in [3.63, 3.8) is 0 Å². The molecule has 0 unspecified atom stereocenters. The quantitative estimate of drug-likeness (QED) is 0.190. The van der Waals surface area contributed by atoms with Crippen LogP contribution >= 0.6 is 0 Å². The highest BCUT2D eigenvalue weighted by molar-refractivity contribution is 7.91. The molecule has 0 atom stereocenters. The maximum absolute atomic E-state index is 14.9. The molecule has 228 valence electrons. The van der Waals surface area contributed by atoms with Crippen molar-refractivity contribution in [3.05, 3.63) is 192 Å². The monoisotopic (exact) mass is 636 g/mol. The van der Waals surface area contributed by atoms with E-state index in [9.17, 15) is 8.42 Å². The van der Waals surface area contributed by atoms with Crippen LogP contribution in [0, 0.1) is 0 Å². The minimum absolute atomic E-state index is 0.339. The van der Waals surface area contributed by atoms with Crippen LogP contribution in [0.1, 0.15) is 22.3 Å². The summed E-state index contributed by atoms with van der Waals surface area (Å²) >= 11 is 0. The third-order valence-electron chi connectivity index (χ3n) is 10.2. The molecule has 1 spiro atoms. The van der Waals surface area contributed by atoms with Gasteiger partial charge in [0.2, 0.25) is 9.84 Å². The van der Waals surface area contributed by atoms with Crippen molar-refractivity contribution in [2.45, 2.75) is 15.2 Å². The molecule has 0 bridgehead atoms. The summed E-state index contributed by atoms with van der Waals surface area (Å²) < 4.78 is 32.1. The molecule has 4 nitrogen and oxygen atoms in total. The summed E-state index contributed by atoms with van der Waals surface area (Å²) in [6.07, 6.45) is 0. The molecule has 3 heterocycles. The van der Waals surface area contributed by atoms with E-state index in [1.54, 1.807) is 6.07 Å². The van der Waals surface area contributed by atoms with Crippen LogP contribution < -0.4 is 4.90 Å². The molecular weight excluding hydrogens is 609 g/mol. The molecule has 10 rings (SSSR count). The number of sulfone groups is 1. The van der Waals surface area contributed by atoms with Gasteiger partial charge in [-0.05, 0) is 71.3 Å². The fourth-order valence-electron chi connectivity index (χ4n) is 8.40. The fraction of sp³-hybridized carbons (Fsp3) is 0.0233. The van der Waals surface area contributed by atoms with E-state index < -0.39 is 15.3 Å². The van der Waals surface area contributed by atoms with Crippen LogP contribution in [0.15, 0.2) is 180 Å². The van der Waals surface area contributed by atoms with Crippen molar-refractivity contribution in [3.8, 4) is 5.69 Å². The lowest BCUT2D eigenvalue weighted by atomic mass is 9.61. The Labute approximate surface area is 278 Å². The maximum Gasteiger partial charge on any atom is 0.207 e. The van der Waals surface area contributed by atoms with Gasteiger partial charge in [-0.1, -0.05) is 115 Å². The normalized spacial score (nSPS) is 15.1. The zero-order valence-electron chi connectivity index (χ0n) is 25.8. The number of hydrogen-bond acceptors (Lipinski definition) is 3. The number of fused-ring (bicyclic) bond motifs is 12. The predicted molar refractivity (Wildman–Crippen MR) is 193 cm³/mol. The van der Waals surface area contributed by atoms with Gasteiger partial charge in [0.15, 0.2) is 0 Å². The van der Waals surface area contributed by atoms with Crippen LogP contribution in [0.4, 0.5) is 17.1 Å². The molecule has 2 aliphatic heterocycles. The number of hydrogen-bond donors (Lipinski definition) is 0. The molecule has 48 heavy (non-hydrogen) atoms.